The fraction of sp³-hybridized carbons (Fsp3) is 0.438. The standard InChI is InChI=1S/C16H21N3O2/c1-2-17-11-13-10-14(21-18-13)12-19-8-5-9-20-16-7-4-3-6-15(16)19/h3-4,6-7,10,17H,2,5,8-9,11-12H2,1H3. The summed E-state index contributed by atoms with van der Waals surface area (Å²) in [5, 5.41) is 7.35. The van der Waals surface area contributed by atoms with Crippen LogP contribution >= 0.6 is 0 Å². The maximum atomic E-state index is 5.78. The van der Waals surface area contributed by atoms with Crippen LogP contribution in [0.4, 0.5) is 5.69 Å². The Morgan fingerprint density at radius 1 is 1.33 bits per heavy atom. The number of rotatable bonds is 5. The van der Waals surface area contributed by atoms with Crippen LogP contribution in [0.25, 0.3) is 0 Å². The molecule has 0 bridgehead atoms. The van der Waals surface area contributed by atoms with Gasteiger partial charge in [-0.15, -0.1) is 0 Å². The third kappa shape index (κ3) is 3.36. The van der Waals surface area contributed by atoms with Crippen molar-refractivity contribution in [1.82, 2.24) is 10.5 Å². The van der Waals surface area contributed by atoms with Gasteiger partial charge in [0.15, 0.2) is 5.76 Å². The Morgan fingerprint density at radius 3 is 3.14 bits per heavy atom. The van der Waals surface area contributed by atoms with Crippen molar-refractivity contribution in [1.29, 1.82) is 0 Å². The maximum Gasteiger partial charge on any atom is 0.156 e. The van der Waals surface area contributed by atoms with E-state index < -0.39 is 0 Å². The van der Waals surface area contributed by atoms with Crippen LogP contribution in [0.2, 0.25) is 0 Å². The zero-order valence-corrected chi connectivity index (χ0v) is 12.3. The van der Waals surface area contributed by atoms with Gasteiger partial charge in [-0.3, -0.25) is 0 Å². The Bertz CT molecular complexity index is 582. The molecule has 0 spiro atoms. The summed E-state index contributed by atoms with van der Waals surface area (Å²) in [5.74, 6) is 1.84. The van der Waals surface area contributed by atoms with Crippen LogP contribution < -0.4 is 15.0 Å². The van der Waals surface area contributed by atoms with Crippen LogP contribution in [0.1, 0.15) is 24.8 Å². The largest absolute Gasteiger partial charge is 0.491 e. The quantitative estimate of drug-likeness (QED) is 0.916. The molecule has 112 valence electrons. The molecule has 21 heavy (non-hydrogen) atoms. The molecule has 0 fully saturated rings. The molecule has 0 aliphatic carbocycles. The zero-order valence-electron chi connectivity index (χ0n) is 12.3. The Morgan fingerprint density at radius 2 is 2.24 bits per heavy atom. The van der Waals surface area contributed by atoms with Crippen molar-refractivity contribution in [3.8, 4) is 5.75 Å². The van der Waals surface area contributed by atoms with E-state index in [1.807, 2.05) is 24.3 Å². The van der Waals surface area contributed by atoms with E-state index in [1.54, 1.807) is 0 Å². The number of hydrogen-bond acceptors (Lipinski definition) is 5. The van der Waals surface area contributed by atoms with E-state index in [1.165, 1.54) is 0 Å². The molecule has 1 N–H and O–H groups in total. The summed E-state index contributed by atoms with van der Waals surface area (Å²) in [6.07, 6.45) is 1.01. The van der Waals surface area contributed by atoms with Crippen LogP contribution in [-0.2, 0) is 13.1 Å². The number of para-hydroxylation sites is 2. The second-order valence-electron chi connectivity index (χ2n) is 5.16. The topological polar surface area (TPSA) is 50.5 Å². The first-order chi connectivity index (χ1) is 10.4. The second-order valence-corrected chi connectivity index (χ2v) is 5.16. The molecule has 5 nitrogen and oxygen atoms in total. The number of fused-ring (bicyclic) bond motifs is 1. The van der Waals surface area contributed by atoms with E-state index in [2.05, 4.69) is 28.4 Å². The summed E-state index contributed by atoms with van der Waals surface area (Å²) in [6.45, 7) is 6.20. The molecule has 1 aromatic heterocycles. The molecule has 1 aliphatic heterocycles. The fourth-order valence-corrected chi connectivity index (χ4v) is 2.52. The number of nitrogens with zero attached hydrogens (tertiary/aromatic N) is 2. The van der Waals surface area contributed by atoms with Gasteiger partial charge >= 0.3 is 0 Å². The molecule has 0 atom stereocenters. The monoisotopic (exact) mass is 287 g/mol. The third-order valence-electron chi connectivity index (χ3n) is 3.55. The zero-order chi connectivity index (χ0) is 14.5. The van der Waals surface area contributed by atoms with E-state index in [0.29, 0.717) is 0 Å². The highest BCUT2D eigenvalue weighted by Crippen LogP contribution is 2.31. The SMILES string of the molecule is CCNCc1cc(CN2CCCOc3ccccc32)on1. The van der Waals surface area contributed by atoms with Gasteiger partial charge in [0.2, 0.25) is 0 Å². The van der Waals surface area contributed by atoms with Crippen LogP contribution in [0, 0.1) is 0 Å². The van der Waals surface area contributed by atoms with Crippen molar-refractivity contribution in [3.05, 3.63) is 41.8 Å². The lowest BCUT2D eigenvalue weighted by molar-refractivity contribution is 0.322. The van der Waals surface area contributed by atoms with Crippen molar-refractivity contribution in [2.45, 2.75) is 26.4 Å². The molecule has 0 unspecified atom stereocenters. The summed E-state index contributed by atoms with van der Waals surface area (Å²) < 4.78 is 11.2. The number of ether oxygens (including phenoxy) is 1. The average Bonchev–Trinajstić information content (AvgIpc) is 2.86. The molecular weight excluding hydrogens is 266 g/mol. The smallest absolute Gasteiger partial charge is 0.156 e. The van der Waals surface area contributed by atoms with Gasteiger partial charge in [-0.25, -0.2) is 0 Å². The van der Waals surface area contributed by atoms with Crippen molar-refractivity contribution in [3.63, 3.8) is 0 Å². The molecule has 0 saturated carbocycles. The molecule has 3 rings (SSSR count). The lowest BCUT2D eigenvalue weighted by Crippen LogP contribution is -2.22. The van der Waals surface area contributed by atoms with Crippen LogP contribution in [0.3, 0.4) is 0 Å². The summed E-state index contributed by atoms with van der Waals surface area (Å²) in [5.41, 5.74) is 2.07. The first-order valence-corrected chi connectivity index (χ1v) is 7.49. The van der Waals surface area contributed by atoms with Gasteiger partial charge in [-0.2, -0.15) is 0 Å². The first kappa shape index (κ1) is 13.9. The minimum absolute atomic E-state index is 0.722. The summed E-state index contributed by atoms with van der Waals surface area (Å²) >= 11 is 0. The van der Waals surface area contributed by atoms with E-state index in [4.69, 9.17) is 9.26 Å². The molecular formula is C16H21N3O2. The number of aromatic nitrogens is 1. The van der Waals surface area contributed by atoms with Crippen molar-refractivity contribution >= 4 is 5.69 Å². The van der Waals surface area contributed by atoms with E-state index >= 15 is 0 Å². The second kappa shape index (κ2) is 6.63. The van der Waals surface area contributed by atoms with Gasteiger partial charge in [-0.05, 0) is 25.1 Å². The summed E-state index contributed by atoms with van der Waals surface area (Å²) in [7, 11) is 0. The maximum absolute atomic E-state index is 5.78. The highest BCUT2D eigenvalue weighted by Gasteiger charge is 2.17. The molecule has 2 heterocycles. The molecule has 5 heteroatoms. The number of hydrogen-bond donors (Lipinski definition) is 1. The van der Waals surface area contributed by atoms with Crippen LogP contribution in [0.15, 0.2) is 34.9 Å². The lowest BCUT2D eigenvalue weighted by atomic mass is 10.2. The molecule has 0 radical (unpaired) electrons. The highest BCUT2D eigenvalue weighted by atomic mass is 16.5. The number of anilines is 1. The van der Waals surface area contributed by atoms with E-state index in [9.17, 15) is 0 Å². The normalized spacial score (nSPS) is 14.4. The van der Waals surface area contributed by atoms with Crippen molar-refractivity contribution < 1.29 is 9.26 Å². The molecule has 0 amide bonds. The number of nitrogens with one attached hydrogen (secondary N) is 1. The molecule has 1 aromatic carbocycles. The minimum atomic E-state index is 0.722. The average molecular weight is 287 g/mol. The predicted octanol–water partition coefficient (Wildman–Crippen LogP) is 2.57. The molecule has 1 aliphatic rings. The Hall–Kier alpha value is -2.01. The van der Waals surface area contributed by atoms with Crippen LogP contribution in [0.5, 0.6) is 5.75 Å². The summed E-state index contributed by atoms with van der Waals surface area (Å²) in [4.78, 5) is 2.29. The Labute approximate surface area is 124 Å². The minimum Gasteiger partial charge on any atom is -0.491 e. The van der Waals surface area contributed by atoms with E-state index in [0.717, 1.165) is 62.1 Å². The third-order valence-corrected chi connectivity index (χ3v) is 3.55. The highest BCUT2D eigenvalue weighted by molar-refractivity contribution is 5.58. The predicted molar refractivity (Wildman–Crippen MR) is 81.5 cm³/mol. The van der Waals surface area contributed by atoms with Gasteiger partial charge in [0.05, 0.1) is 24.5 Å². The van der Waals surface area contributed by atoms with Gasteiger partial charge in [0, 0.05) is 19.2 Å². The van der Waals surface area contributed by atoms with Gasteiger partial charge in [-0.1, -0.05) is 24.2 Å². The molecule has 0 saturated heterocycles. The van der Waals surface area contributed by atoms with Gasteiger partial charge in [0.1, 0.15) is 5.75 Å². The van der Waals surface area contributed by atoms with E-state index in [-0.39, 0.29) is 0 Å². The van der Waals surface area contributed by atoms with Gasteiger partial charge in [0.25, 0.3) is 0 Å². The summed E-state index contributed by atoms with van der Waals surface area (Å²) in [6, 6.07) is 10.2. The number of benzene rings is 1. The van der Waals surface area contributed by atoms with Gasteiger partial charge < -0.3 is 19.5 Å². The van der Waals surface area contributed by atoms with Crippen molar-refractivity contribution in [2.24, 2.45) is 0 Å². The Balaban J connectivity index is 1.73. The van der Waals surface area contributed by atoms with Crippen molar-refractivity contribution in [2.75, 3.05) is 24.6 Å². The van der Waals surface area contributed by atoms with Crippen LogP contribution in [-0.4, -0.2) is 24.9 Å². The Kier molecular flexibility index (Phi) is 4.40. The fourth-order valence-electron chi connectivity index (χ4n) is 2.52. The molecule has 2 aromatic rings. The lowest BCUT2D eigenvalue weighted by Gasteiger charge is -2.22. The first-order valence-electron chi connectivity index (χ1n) is 7.49.